The van der Waals surface area contributed by atoms with Crippen molar-refractivity contribution < 1.29 is 9.13 Å². The molecular formula is C9H9BrFN3OS. The van der Waals surface area contributed by atoms with E-state index in [1.54, 1.807) is 12.1 Å². The largest absolute Gasteiger partial charge is 0.493 e. The number of thiocarbonyl (C=S) groups is 1. The summed E-state index contributed by atoms with van der Waals surface area (Å²) in [5.74, 6) is -0.385. The molecule has 0 bridgehead atoms. The van der Waals surface area contributed by atoms with Gasteiger partial charge in [0, 0.05) is 5.56 Å². The average molecular weight is 306 g/mol. The van der Waals surface area contributed by atoms with E-state index in [2.05, 4.69) is 38.7 Å². The molecule has 0 atom stereocenters. The molecule has 0 heterocycles. The van der Waals surface area contributed by atoms with Crippen LogP contribution in [0.2, 0.25) is 0 Å². The number of benzene rings is 1. The highest BCUT2D eigenvalue weighted by Crippen LogP contribution is 2.27. The lowest BCUT2D eigenvalue weighted by Crippen LogP contribution is -2.24. The lowest BCUT2D eigenvalue weighted by molar-refractivity contribution is 0.384. The summed E-state index contributed by atoms with van der Waals surface area (Å²) in [7, 11) is 1.38. The average Bonchev–Trinajstić information content (AvgIpc) is 2.23. The van der Waals surface area contributed by atoms with Crippen molar-refractivity contribution in [1.29, 1.82) is 0 Å². The molecule has 0 aliphatic rings. The molecule has 16 heavy (non-hydrogen) atoms. The van der Waals surface area contributed by atoms with Gasteiger partial charge in [-0.05, 0) is 40.3 Å². The predicted octanol–water partition coefficient (Wildman–Crippen LogP) is 1.76. The molecule has 7 heteroatoms. The van der Waals surface area contributed by atoms with Gasteiger partial charge in [-0.1, -0.05) is 0 Å². The number of nitrogens with one attached hydrogen (secondary N) is 1. The molecule has 3 N–H and O–H groups in total. The minimum absolute atomic E-state index is 0.0350. The molecule has 1 aromatic rings. The number of hydrazone groups is 1. The van der Waals surface area contributed by atoms with E-state index in [0.29, 0.717) is 10.0 Å². The zero-order chi connectivity index (χ0) is 12.1. The second kappa shape index (κ2) is 5.76. The third-order valence-electron chi connectivity index (χ3n) is 1.66. The van der Waals surface area contributed by atoms with Crippen molar-refractivity contribution >= 4 is 39.5 Å². The highest BCUT2D eigenvalue weighted by molar-refractivity contribution is 9.10. The summed E-state index contributed by atoms with van der Waals surface area (Å²) < 4.78 is 18.8. The van der Waals surface area contributed by atoms with Gasteiger partial charge in [-0.15, -0.1) is 0 Å². The van der Waals surface area contributed by atoms with Crippen LogP contribution in [0.25, 0.3) is 0 Å². The van der Waals surface area contributed by atoms with Crippen LogP contribution in [0.1, 0.15) is 5.56 Å². The van der Waals surface area contributed by atoms with Crippen molar-refractivity contribution in [3.05, 3.63) is 28.0 Å². The van der Waals surface area contributed by atoms with Crippen LogP contribution in [0.5, 0.6) is 5.75 Å². The van der Waals surface area contributed by atoms with Gasteiger partial charge in [0.1, 0.15) is 0 Å². The van der Waals surface area contributed by atoms with Crippen molar-refractivity contribution in [1.82, 2.24) is 5.43 Å². The first-order valence-corrected chi connectivity index (χ1v) is 5.37. The van der Waals surface area contributed by atoms with Gasteiger partial charge in [0.25, 0.3) is 0 Å². The van der Waals surface area contributed by atoms with Crippen LogP contribution < -0.4 is 15.9 Å². The van der Waals surface area contributed by atoms with Crippen molar-refractivity contribution in [2.45, 2.75) is 0 Å². The minimum atomic E-state index is -0.484. The topological polar surface area (TPSA) is 59.6 Å². The summed E-state index contributed by atoms with van der Waals surface area (Å²) in [5, 5.41) is 3.75. The van der Waals surface area contributed by atoms with Gasteiger partial charge in [-0.3, -0.25) is 5.43 Å². The van der Waals surface area contributed by atoms with E-state index in [4.69, 9.17) is 10.5 Å². The van der Waals surface area contributed by atoms with E-state index >= 15 is 0 Å². The Labute approximate surface area is 106 Å². The Kier molecular flexibility index (Phi) is 4.63. The normalized spacial score (nSPS) is 10.4. The zero-order valence-electron chi connectivity index (χ0n) is 8.33. The lowest BCUT2D eigenvalue weighted by Gasteiger charge is -2.06. The summed E-state index contributed by atoms with van der Waals surface area (Å²) in [6, 6.07) is 3.21. The second-order valence-corrected chi connectivity index (χ2v) is 4.01. The maximum Gasteiger partial charge on any atom is 0.184 e. The molecule has 0 aromatic heterocycles. The number of rotatable bonds is 3. The molecule has 0 radical (unpaired) electrons. The Morgan fingerprint density at radius 1 is 1.69 bits per heavy atom. The van der Waals surface area contributed by atoms with Crippen LogP contribution in [-0.4, -0.2) is 18.4 Å². The molecular weight excluding hydrogens is 297 g/mol. The van der Waals surface area contributed by atoms with E-state index in [1.165, 1.54) is 13.3 Å². The van der Waals surface area contributed by atoms with E-state index in [-0.39, 0.29) is 10.9 Å². The third kappa shape index (κ3) is 3.14. The number of hydrogen-bond acceptors (Lipinski definition) is 3. The molecule has 1 aromatic carbocycles. The fraction of sp³-hybridized carbons (Fsp3) is 0.111. The Balaban J connectivity index is 3.00. The molecule has 86 valence electrons. The van der Waals surface area contributed by atoms with Crippen LogP contribution >= 0.6 is 28.1 Å². The highest BCUT2D eigenvalue weighted by Gasteiger charge is 2.10. The molecule has 0 saturated carbocycles. The Morgan fingerprint density at radius 3 is 2.94 bits per heavy atom. The summed E-state index contributed by atoms with van der Waals surface area (Å²) in [6.07, 6.45) is 1.37. The molecule has 4 nitrogen and oxygen atoms in total. The number of methoxy groups -OCH3 is 1. The van der Waals surface area contributed by atoms with Gasteiger partial charge >= 0.3 is 0 Å². The molecule has 0 fully saturated rings. The monoisotopic (exact) mass is 305 g/mol. The Bertz CT molecular complexity index is 439. The zero-order valence-corrected chi connectivity index (χ0v) is 10.7. The maximum atomic E-state index is 13.5. The van der Waals surface area contributed by atoms with Crippen molar-refractivity contribution in [3.8, 4) is 5.75 Å². The Morgan fingerprint density at radius 2 is 2.38 bits per heavy atom. The molecule has 0 saturated heterocycles. The fourth-order valence-corrected chi connectivity index (χ4v) is 1.39. The van der Waals surface area contributed by atoms with Gasteiger partial charge in [-0.2, -0.15) is 5.10 Å². The first kappa shape index (κ1) is 12.9. The molecule has 0 amide bonds. The second-order valence-electron chi connectivity index (χ2n) is 2.72. The minimum Gasteiger partial charge on any atom is -0.493 e. The van der Waals surface area contributed by atoms with Crippen molar-refractivity contribution in [2.75, 3.05) is 7.11 Å². The number of nitrogens with zero attached hydrogens (tertiary/aromatic N) is 1. The third-order valence-corrected chi connectivity index (χ3v) is 2.37. The van der Waals surface area contributed by atoms with E-state index in [9.17, 15) is 4.39 Å². The molecule has 0 unspecified atom stereocenters. The standard InChI is InChI=1S/C9H9BrFN3OS/c1-15-8-5(4-13-14-9(12)16)2-3-6(10)7(8)11/h2-4H,1H3,(H3,12,14,16). The van der Waals surface area contributed by atoms with Crippen LogP contribution in [0.4, 0.5) is 4.39 Å². The summed E-state index contributed by atoms with van der Waals surface area (Å²) in [4.78, 5) is 0. The van der Waals surface area contributed by atoms with Gasteiger partial charge in [0.15, 0.2) is 16.7 Å². The van der Waals surface area contributed by atoms with Crippen LogP contribution in [-0.2, 0) is 0 Å². The van der Waals surface area contributed by atoms with E-state index < -0.39 is 5.82 Å². The number of ether oxygens (including phenoxy) is 1. The predicted molar refractivity (Wildman–Crippen MR) is 68.2 cm³/mol. The van der Waals surface area contributed by atoms with Crippen LogP contribution in [0.15, 0.2) is 21.7 Å². The number of nitrogens with two attached hydrogens (primary N) is 1. The van der Waals surface area contributed by atoms with Crippen LogP contribution in [0.3, 0.4) is 0 Å². The Hall–Kier alpha value is -1.21. The highest BCUT2D eigenvalue weighted by atomic mass is 79.9. The van der Waals surface area contributed by atoms with Gasteiger partial charge < -0.3 is 10.5 Å². The molecule has 1 rings (SSSR count). The molecule has 0 aliphatic carbocycles. The quantitative estimate of drug-likeness (QED) is 0.507. The summed E-state index contributed by atoms with van der Waals surface area (Å²) >= 11 is 7.62. The van der Waals surface area contributed by atoms with Gasteiger partial charge in [0.2, 0.25) is 0 Å². The number of halogens is 2. The molecule has 0 spiro atoms. The smallest absolute Gasteiger partial charge is 0.184 e. The first-order valence-electron chi connectivity index (χ1n) is 4.16. The SMILES string of the molecule is COc1c(C=NNC(N)=S)ccc(Br)c1F. The summed E-state index contributed by atoms with van der Waals surface area (Å²) in [5.41, 5.74) is 8.02. The van der Waals surface area contributed by atoms with E-state index in [0.717, 1.165) is 0 Å². The number of hydrogen-bond donors (Lipinski definition) is 2. The summed E-state index contributed by atoms with van der Waals surface area (Å²) in [6.45, 7) is 0. The van der Waals surface area contributed by atoms with E-state index in [1.807, 2.05) is 0 Å². The van der Waals surface area contributed by atoms with Crippen molar-refractivity contribution in [3.63, 3.8) is 0 Å². The first-order chi connectivity index (χ1) is 7.56. The molecule has 0 aliphatic heterocycles. The van der Waals surface area contributed by atoms with Gasteiger partial charge in [0.05, 0.1) is 17.8 Å². The lowest BCUT2D eigenvalue weighted by atomic mass is 10.2. The maximum absolute atomic E-state index is 13.5. The van der Waals surface area contributed by atoms with Crippen LogP contribution in [0, 0.1) is 5.82 Å². The van der Waals surface area contributed by atoms with Gasteiger partial charge in [-0.25, -0.2) is 4.39 Å². The fourth-order valence-electron chi connectivity index (χ4n) is 1.02. The van der Waals surface area contributed by atoms with Crippen molar-refractivity contribution in [2.24, 2.45) is 10.8 Å².